The topological polar surface area (TPSA) is 121 Å². The minimum Gasteiger partial charge on any atom is -0.408 e. The molecule has 22 heavy (non-hydrogen) atoms. The molecule has 0 atom stereocenters. The van der Waals surface area contributed by atoms with Gasteiger partial charge >= 0.3 is 5.76 Å². The van der Waals surface area contributed by atoms with Crippen LogP contribution in [0.1, 0.15) is 11.5 Å². The predicted octanol–water partition coefficient (Wildman–Crippen LogP) is 0.674. The number of aromatic nitrogens is 3. The number of sulfonamides is 1. The highest BCUT2D eigenvalue weighted by Crippen LogP contribution is 2.16. The summed E-state index contributed by atoms with van der Waals surface area (Å²) in [6.45, 7) is 2.06. The predicted molar refractivity (Wildman–Crippen MR) is 79.1 cm³/mol. The standard InChI is InChI=1S/C13H14N4O4S/c1-8-14-7-9(16-8)4-5-15-22(19,20)10-2-3-11-12(6-10)21-13(18)17-11/h2-3,6-7,15H,4-5H2,1H3,(H,14,16)(H,17,18). The zero-order valence-electron chi connectivity index (χ0n) is 11.7. The van der Waals surface area contributed by atoms with Gasteiger partial charge in [-0.15, -0.1) is 0 Å². The highest BCUT2D eigenvalue weighted by molar-refractivity contribution is 7.89. The highest BCUT2D eigenvalue weighted by Gasteiger charge is 2.15. The highest BCUT2D eigenvalue weighted by atomic mass is 32.2. The maximum atomic E-state index is 12.2. The number of aromatic amines is 2. The van der Waals surface area contributed by atoms with Crippen LogP contribution in [0.25, 0.3) is 11.1 Å². The van der Waals surface area contributed by atoms with Gasteiger partial charge in [0.1, 0.15) is 5.82 Å². The minimum absolute atomic E-state index is 0.0449. The fraction of sp³-hybridized carbons (Fsp3) is 0.231. The fourth-order valence-electron chi connectivity index (χ4n) is 2.09. The van der Waals surface area contributed by atoms with Crippen molar-refractivity contribution < 1.29 is 12.8 Å². The molecule has 0 radical (unpaired) electrons. The van der Waals surface area contributed by atoms with Crippen molar-refractivity contribution in [3.8, 4) is 0 Å². The van der Waals surface area contributed by atoms with Crippen LogP contribution < -0.4 is 10.5 Å². The lowest BCUT2D eigenvalue weighted by Crippen LogP contribution is -2.26. The second-order valence-electron chi connectivity index (χ2n) is 4.81. The van der Waals surface area contributed by atoms with E-state index in [0.717, 1.165) is 11.5 Å². The van der Waals surface area contributed by atoms with Gasteiger partial charge in [0.25, 0.3) is 0 Å². The van der Waals surface area contributed by atoms with Crippen molar-refractivity contribution in [2.45, 2.75) is 18.2 Å². The summed E-state index contributed by atoms with van der Waals surface area (Å²) in [5.41, 5.74) is 1.52. The summed E-state index contributed by atoms with van der Waals surface area (Å²) in [6, 6.07) is 4.22. The van der Waals surface area contributed by atoms with Crippen LogP contribution in [-0.4, -0.2) is 29.9 Å². The minimum atomic E-state index is -3.67. The number of hydrogen-bond acceptors (Lipinski definition) is 5. The molecule has 3 aromatic rings. The molecule has 0 aliphatic heterocycles. The molecular formula is C13H14N4O4S. The second kappa shape index (κ2) is 5.43. The Hall–Kier alpha value is -2.39. The molecule has 3 rings (SSSR count). The van der Waals surface area contributed by atoms with Crippen LogP contribution in [0.5, 0.6) is 0 Å². The van der Waals surface area contributed by atoms with Crippen LogP contribution in [0.2, 0.25) is 0 Å². The second-order valence-corrected chi connectivity index (χ2v) is 6.58. The molecular weight excluding hydrogens is 308 g/mol. The summed E-state index contributed by atoms with van der Waals surface area (Å²) < 4.78 is 31.8. The van der Waals surface area contributed by atoms with Crippen molar-refractivity contribution >= 4 is 21.1 Å². The van der Waals surface area contributed by atoms with Crippen molar-refractivity contribution in [3.63, 3.8) is 0 Å². The van der Waals surface area contributed by atoms with Gasteiger partial charge in [-0.3, -0.25) is 4.98 Å². The van der Waals surface area contributed by atoms with Gasteiger partial charge in [0.2, 0.25) is 10.0 Å². The molecule has 0 spiro atoms. The van der Waals surface area contributed by atoms with Crippen molar-refractivity contribution in [2.75, 3.05) is 6.54 Å². The molecule has 3 N–H and O–H groups in total. The summed E-state index contributed by atoms with van der Waals surface area (Å²) in [5.74, 6) is 0.165. The third kappa shape index (κ3) is 2.95. The van der Waals surface area contributed by atoms with Crippen LogP contribution in [0.15, 0.2) is 38.5 Å². The van der Waals surface area contributed by atoms with Gasteiger partial charge in [-0.2, -0.15) is 0 Å². The lowest BCUT2D eigenvalue weighted by Gasteiger charge is -2.05. The van der Waals surface area contributed by atoms with Gasteiger partial charge in [-0.1, -0.05) is 0 Å². The van der Waals surface area contributed by atoms with Crippen molar-refractivity contribution in [2.24, 2.45) is 0 Å². The number of H-pyrrole nitrogens is 2. The average Bonchev–Trinajstić information content (AvgIpc) is 3.02. The largest absolute Gasteiger partial charge is 0.417 e. The van der Waals surface area contributed by atoms with E-state index in [1.807, 2.05) is 6.92 Å². The van der Waals surface area contributed by atoms with Crippen LogP contribution >= 0.6 is 0 Å². The van der Waals surface area contributed by atoms with Crippen LogP contribution in [0.4, 0.5) is 0 Å². The van der Waals surface area contributed by atoms with E-state index in [4.69, 9.17) is 4.42 Å². The Kier molecular flexibility index (Phi) is 3.59. The zero-order chi connectivity index (χ0) is 15.7. The van der Waals surface area contributed by atoms with E-state index in [-0.39, 0.29) is 17.0 Å². The van der Waals surface area contributed by atoms with Gasteiger partial charge < -0.3 is 9.40 Å². The Balaban J connectivity index is 1.74. The lowest BCUT2D eigenvalue weighted by molar-refractivity contribution is 0.553. The Labute approximate surface area is 125 Å². The summed E-state index contributed by atoms with van der Waals surface area (Å²) in [5, 5.41) is 0. The first kappa shape index (κ1) is 14.5. The van der Waals surface area contributed by atoms with E-state index in [1.165, 1.54) is 18.2 Å². The van der Waals surface area contributed by atoms with Gasteiger partial charge in [-0.25, -0.2) is 22.9 Å². The number of nitrogens with one attached hydrogen (secondary N) is 3. The molecule has 0 amide bonds. The Morgan fingerprint density at radius 3 is 2.86 bits per heavy atom. The number of nitrogens with zero attached hydrogens (tertiary/aromatic N) is 1. The van der Waals surface area contributed by atoms with E-state index in [0.29, 0.717) is 11.9 Å². The molecule has 0 fully saturated rings. The number of rotatable bonds is 5. The smallest absolute Gasteiger partial charge is 0.408 e. The Bertz CT molecular complexity index is 967. The maximum Gasteiger partial charge on any atom is 0.417 e. The monoisotopic (exact) mass is 322 g/mol. The van der Waals surface area contributed by atoms with Crippen molar-refractivity contribution in [3.05, 3.63) is 46.5 Å². The molecule has 2 aromatic heterocycles. The molecule has 8 nitrogen and oxygen atoms in total. The first-order valence-electron chi connectivity index (χ1n) is 6.57. The quantitative estimate of drug-likeness (QED) is 0.637. The van der Waals surface area contributed by atoms with Gasteiger partial charge in [0.15, 0.2) is 5.58 Å². The molecule has 0 saturated carbocycles. The summed E-state index contributed by atoms with van der Waals surface area (Å²) >= 11 is 0. The molecule has 0 aliphatic rings. The van der Waals surface area contributed by atoms with Gasteiger partial charge in [0.05, 0.1) is 10.4 Å². The van der Waals surface area contributed by atoms with E-state index >= 15 is 0 Å². The zero-order valence-corrected chi connectivity index (χ0v) is 12.5. The first-order chi connectivity index (χ1) is 10.4. The molecule has 2 heterocycles. The molecule has 0 bridgehead atoms. The number of oxazole rings is 1. The van der Waals surface area contributed by atoms with E-state index in [2.05, 4.69) is 19.7 Å². The Morgan fingerprint density at radius 1 is 1.32 bits per heavy atom. The van der Waals surface area contributed by atoms with Crippen molar-refractivity contribution in [1.82, 2.24) is 19.7 Å². The third-order valence-electron chi connectivity index (χ3n) is 3.14. The number of fused-ring (bicyclic) bond motifs is 1. The SMILES string of the molecule is Cc1ncc(CCNS(=O)(=O)c2ccc3[nH]c(=O)oc3c2)[nH]1. The molecule has 1 aromatic carbocycles. The lowest BCUT2D eigenvalue weighted by atomic mass is 10.3. The van der Waals surface area contributed by atoms with Crippen LogP contribution in [0, 0.1) is 6.92 Å². The number of hydrogen-bond donors (Lipinski definition) is 3. The first-order valence-corrected chi connectivity index (χ1v) is 8.05. The molecule has 0 unspecified atom stereocenters. The van der Waals surface area contributed by atoms with Gasteiger partial charge in [-0.05, 0) is 19.1 Å². The summed E-state index contributed by atoms with van der Waals surface area (Å²) in [6.07, 6.45) is 2.17. The van der Waals surface area contributed by atoms with E-state index < -0.39 is 15.8 Å². The summed E-state index contributed by atoms with van der Waals surface area (Å²) in [7, 11) is -3.67. The number of benzene rings is 1. The molecule has 116 valence electrons. The number of aryl methyl sites for hydroxylation is 1. The van der Waals surface area contributed by atoms with Crippen LogP contribution in [-0.2, 0) is 16.4 Å². The molecule has 0 saturated heterocycles. The Morgan fingerprint density at radius 2 is 2.14 bits per heavy atom. The molecule has 9 heteroatoms. The summed E-state index contributed by atoms with van der Waals surface area (Å²) in [4.78, 5) is 20.7. The maximum absolute atomic E-state index is 12.2. The fourth-order valence-corrected chi connectivity index (χ4v) is 3.14. The van der Waals surface area contributed by atoms with Crippen LogP contribution in [0.3, 0.4) is 0 Å². The average molecular weight is 322 g/mol. The van der Waals surface area contributed by atoms with Gasteiger partial charge in [0, 0.05) is 30.9 Å². The molecule has 0 aliphatic carbocycles. The number of imidazole rings is 1. The normalized spacial score (nSPS) is 12.0. The van der Waals surface area contributed by atoms with Crippen molar-refractivity contribution in [1.29, 1.82) is 0 Å². The van der Waals surface area contributed by atoms with E-state index in [9.17, 15) is 13.2 Å². The third-order valence-corrected chi connectivity index (χ3v) is 4.60. The van der Waals surface area contributed by atoms with E-state index in [1.54, 1.807) is 6.20 Å².